The van der Waals surface area contributed by atoms with Gasteiger partial charge in [0.15, 0.2) is 5.65 Å². The normalized spacial score (nSPS) is 14.7. The van der Waals surface area contributed by atoms with Gasteiger partial charge in [0.25, 0.3) is 0 Å². The highest BCUT2D eigenvalue weighted by atomic mass is 32.2. The molecule has 2 heterocycles. The van der Waals surface area contributed by atoms with Crippen LogP contribution in [-0.4, -0.2) is 49.1 Å². The van der Waals surface area contributed by atoms with Gasteiger partial charge in [-0.1, -0.05) is 0 Å². The van der Waals surface area contributed by atoms with Gasteiger partial charge in [-0.15, -0.1) is 14.8 Å². The molecule has 0 radical (unpaired) electrons. The van der Waals surface area contributed by atoms with Crippen LogP contribution in [0.15, 0.2) is 12.1 Å². The Morgan fingerprint density at radius 1 is 1.44 bits per heavy atom. The number of hydrogen-bond acceptors (Lipinski definition) is 6. The lowest BCUT2D eigenvalue weighted by atomic mass is 10.2. The first kappa shape index (κ1) is 13.1. The zero-order valence-electron chi connectivity index (χ0n) is 10.7. The Morgan fingerprint density at radius 2 is 2.22 bits per heavy atom. The van der Waals surface area contributed by atoms with Gasteiger partial charge in [0.1, 0.15) is 11.6 Å². The molecule has 0 unspecified atom stereocenters. The Kier molecular flexibility index (Phi) is 4.03. The maximum Gasteiger partial charge on any atom is 0.176 e. The summed E-state index contributed by atoms with van der Waals surface area (Å²) in [6.07, 6.45) is 1.98. The van der Waals surface area contributed by atoms with E-state index in [0.717, 1.165) is 11.5 Å². The summed E-state index contributed by atoms with van der Waals surface area (Å²) in [6.45, 7) is 4.00. The minimum atomic E-state index is 0.125. The Morgan fingerprint density at radius 3 is 2.89 bits per heavy atom. The number of aryl methyl sites for hydroxylation is 1. The van der Waals surface area contributed by atoms with Gasteiger partial charge in [0.05, 0.1) is 6.61 Å². The fourth-order valence-electron chi connectivity index (χ4n) is 1.73. The molecule has 0 saturated carbocycles. The number of thioether (sulfide) groups is 1. The van der Waals surface area contributed by atoms with E-state index in [2.05, 4.69) is 20.5 Å². The predicted octanol–water partition coefficient (Wildman–Crippen LogP) is 0.957. The molecule has 2 aromatic heterocycles. The first-order valence-electron chi connectivity index (χ1n) is 5.75. The minimum absolute atomic E-state index is 0.125. The average Bonchev–Trinajstić information content (AvgIpc) is 2.70. The van der Waals surface area contributed by atoms with Crippen LogP contribution < -0.4 is 5.32 Å². The number of nitrogens with one attached hydrogen (secondary N) is 1. The lowest BCUT2D eigenvalue weighted by molar-refractivity contribution is 0.288. The van der Waals surface area contributed by atoms with Crippen molar-refractivity contribution in [2.45, 2.75) is 25.1 Å². The molecule has 0 bridgehead atoms. The highest BCUT2D eigenvalue weighted by molar-refractivity contribution is 7.99. The van der Waals surface area contributed by atoms with Gasteiger partial charge in [0, 0.05) is 11.3 Å². The molecule has 2 atom stereocenters. The highest BCUT2D eigenvalue weighted by Gasteiger charge is 2.15. The van der Waals surface area contributed by atoms with E-state index < -0.39 is 0 Å². The maximum absolute atomic E-state index is 9.24. The van der Waals surface area contributed by atoms with Crippen molar-refractivity contribution < 1.29 is 5.11 Å². The zero-order chi connectivity index (χ0) is 13.1. The van der Waals surface area contributed by atoms with Crippen molar-refractivity contribution in [2.75, 3.05) is 18.2 Å². The van der Waals surface area contributed by atoms with Crippen LogP contribution in [0.3, 0.4) is 0 Å². The third-order valence-electron chi connectivity index (χ3n) is 2.73. The molecular formula is C11H17N5OS. The second-order valence-electron chi connectivity index (χ2n) is 4.11. The minimum Gasteiger partial charge on any atom is -0.395 e. The Hall–Kier alpha value is -1.34. The van der Waals surface area contributed by atoms with Gasteiger partial charge in [-0.3, -0.25) is 0 Å². The largest absolute Gasteiger partial charge is 0.395 e. The van der Waals surface area contributed by atoms with Gasteiger partial charge >= 0.3 is 0 Å². The molecule has 7 heteroatoms. The predicted molar refractivity (Wildman–Crippen MR) is 73.0 cm³/mol. The third kappa shape index (κ3) is 2.73. The lowest BCUT2D eigenvalue weighted by Crippen LogP contribution is -2.31. The number of aliphatic hydroxyl groups is 1. The number of anilines is 1. The third-order valence-corrected chi connectivity index (χ3v) is 3.89. The summed E-state index contributed by atoms with van der Waals surface area (Å²) >= 11 is 1.63. The van der Waals surface area contributed by atoms with Crippen LogP contribution in [0.2, 0.25) is 0 Å². The molecule has 0 spiro atoms. The van der Waals surface area contributed by atoms with Crippen LogP contribution in [0.5, 0.6) is 0 Å². The van der Waals surface area contributed by atoms with Crippen LogP contribution in [-0.2, 0) is 0 Å². The van der Waals surface area contributed by atoms with Crippen LogP contribution in [0, 0.1) is 6.92 Å². The first-order valence-corrected chi connectivity index (χ1v) is 7.03. The fourth-order valence-corrected chi connectivity index (χ4v) is 2.35. The molecule has 0 aliphatic rings. The Balaban J connectivity index is 2.16. The standard InChI is InChI=1S/C11H17N5OS/c1-7(9(6-17)18-3)12-10-4-5-11-13-8(2)14-16(11)15-10/h4-5,7,9,17H,6H2,1-3H3,(H,12,15)/t7-,9+/m0/s1. The average molecular weight is 267 g/mol. The highest BCUT2D eigenvalue weighted by Crippen LogP contribution is 2.15. The van der Waals surface area contributed by atoms with Crippen LogP contribution in [0.4, 0.5) is 5.82 Å². The molecule has 2 N–H and O–H groups in total. The van der Waals surface area contributed by atoms with Gasteiger partial charge in [-0.05, 0) is 32.2 Å². The summed E-state index contributed by atoms with van der Waals surface area (Å²) in [5.41, 5.74) is 0.731. The SMILES string of the molecule is CS[C@H](CO)[C@H](C)Nc1ccc2nc(C)nn2n1. The fraction of sp³-hybridized carbons (Fsp3) is 0.545. The van der Waals surface area contributed by atoms with Crippen molar-refractivity contribution in [2.24, 2.45) is 0 Å². The van der Waals surface area contributed by atoms with Crippen molar-refractivity contribution in [1.82, 2.24) is 19.8 Å². The molecule has 0 amide bonds. The van der Waals surface area contributed by atoms with E-state index in [1.165, 1.54) is 4.63 Å². The zero-order valence-corrected chi connectivity index (χ0v) is 11.5. The molecule has 2 rings (SSSR count). The quantitative estimate of drug-likeness (QED) is 0.840. The van der Waals surface area contributed by atoms with Gasteiger partial charge in [0.2, 0.25) is 0 Å². The number of rotatable bonds is 5. The second-order valence-corrected chi connectivity index (χ2v) is 5.19. The monoisotopic (exact) mass is 267 g/mol. The van der Waals surface area contributed by atoms with Gasteiger partial charge in [-0.25, -0.2) is 4.98 Å². The number of nitrogens with zero attached hydrogens (tertiary/aromatic N) is 4. The second kappa shape index (κ2) is 5.53. The van der Waals surface area contributed by atoms with E-state index in [0.29, 0.717) is 5.82 Å². The van der Waals surface area contributed by atoms with Crippen molar-refractivity contribution in [3.8, 4) is 0 Å². The Labute approximate surface area is 110 Å². The molecule has 0 aromatic carbocycles. The van der Waals surface area contributed by atoms with Crippen LogP contribution in [0.25, 0.3) is 5.65 Å². The summed E-state index contributed by atoms with van der Waals surface area (Å²) in [7, 11) is 0. The molecule has 6 nitrogen and oxygen atoms in total. The molecule has 0 saturated heterocycles. The van der Waals surface area contributed by atoms with Crippen molar-refractivity contribution in [3.63, 3.8) is 0 Å². The topological polar surface area (TPSA) is 75.3 Å². The van der Waals surface area contributed by atoms with Gasteiger partial charge < -0.3 is 10.4 Å². The molecule has 18 heavy (non-hydrogen) atoms. The number of fused-ring (bicyclic) bond motifs is 1. The summed E-state index contributed by atoms with van der Waals surface area (Å²) < 4.78 is 1.51. The van der Waals surface area contributed by atoms with Gasteiger partial charge in [-0.2, -0.15) is 11.8 Å². The summed E-state index contributed by atoms with van der Waals surface area (Å²) in [4.78, 5) is 4.22. The summed E-state index contributed by atoms with van der Waals surface area (Å²) in [5.74, 6) is 1.43. The lowest BCUT2D eigenvalue weighted by Gasteiger charge is -2.21. The molecule has 0 aliphatic carbocycles. The summed E-state index contributed by atoms with van der Waals surface area (Å²) in [5, 5.41) is 21.1. The van der Waals surface area contributed by atoms with E-state index >= 15 is 0 Å². The molecular weight excluding hydrogens is 250 g/mol. The van der Waals surface area contributed by atoms with E-state index in [4.69, 9.17) is 0 Å². The van der Waals surface area contributed by atoms with Crippen LogP contribution >= 0.6 is 11.8 Å². The molecule has 2 aromatic rings. The number of aliphatic hydroxyl groups excluding tert-OH is 1. The van der Waals surface area contributed by atoms with Crippen molar-refractivity contribution in [1.29, 1.82) is 0 Å². The molecule has 98 valence electrons. The maximum atomic E-state index is 9.24. The molecule has 0 fully saturated rings. The summed E-state index contributed by atoms with van der Waals surface area (Å²) in [6, 6.07) is 3.86. The number of aromatic nitrogens is 4. The van der Waals surface area contributed by atoms with E-state index in [-0.39, 0.29) is 17.9 Å². The van der Waals surface area contributed by atoms with E-state index in [1.54, 1.807) is 11.8 Å². The Bertz CT molecular complexity index is 525. The number of hydrogen-bond donors (Lipinski definition) is 2. The van der Waals surface area contributed by atoms with Crippen LogP contribution in [0.1, 0.15) is 12.7 Å². The molecule has 0 aliphatic heterocycles. The smallest absolute Gasteiger partial charge is 0.176 e. The van der Waals surface area contributed by atoms with Crippen molar-refractivity contribution >= 4 is 23.2 Å². The first-order chi connectivity index (χ1) is 8.63. The van der Waals surface area contributed by atoms with E-state index in [9.17, 15) is 5.11 Å². The van der Waals surface area contributed by atoms with Crippen molar-refractivity contribution in [3.05, 3.63) is 18.0 Å². The van der Waals surface area contributed by atoms with E-state index in [1.807, 2.05) is 32.2 Å².